The maximum Gasteiger partial charge on any atom is 0.410 e. The fourth-order valence-electron chi connectivity index (χ4n) is 2.97. The Balaban J connectivity index is 1.96. The van der Waals surface area contributed by atoms with Crippen molar-refractivity contribution < 1.29 is 9.53 Å². The number of ether oxygens (including phenoxy) is 1. The lowest BCUT2D eigenvalue weighted by Gasteiger charge is -2.39. The third-order valence-corrected chi connectivity index (χ3v) is 3.60. The van der Waals surface area contributed by atoms with Crippen molar-refractivity contribution >= 4 is 6.09 Å². The van der Waals surface area contributed by atoms with Gasteiger partial charge in [0.1, 0.15) is 5.60 Å². The van der Waals surface area contributed by atoms with Crippen LogP contribution in [-0.2, 0) is 4.74 Å². The van der Waals surface area contributed by atoms with Crippen molar-refractivity contribution in [3.8, 4) is 0 Å². The van der Waals surface area contributed by atoms with Crippen LogP contribution in [0, 0.1) is 11.8 Å². The number of fused-ring (bicyclic) bond motifs is 1. The molecular weight excluding hydrogens is 204 g/mol. The summed E-state index contributed by atoms with van der Waals surface area (Å²) in [5, 5.41) is 0. The highest BCUT2D eigenvalue weighted by Gasteiger charge is 2.55. The first-order chi connectivity index (χ1) is 7.29. The number of nitrogens with two attached hydrogens (primary N) is 1. The minimum Gasteiger partial charge on any atom is -0.444 e. The summed E-state index contributed by atoms with van der Waals surface area (Å²) in [5.74, 6) is 1.07. The summed E-state index contributed by atoms with van der Waals surface area (Å²) in [7, 11) is 0. The molecule has 4 nitrogen and oxygen atoms in total. The highest BCUT2D eigenvalue weighted by atomic mass is 16.6. The van der Waals surface area contributed by atoms with Gasteiger partial charge in [-0.2, -0.15) is 0 Å². The molecule has 16 heavy (non-hydrogen) atoms. The van der Waals surface area contributed by atoms with Crippen LogP contribution in [0.15, 0.2) is 0 Å². The quantitative estimate of drug-likeness (QED) is 0.738. The van der Waals surface area contributed by atoms with Crippen LogP contribution in [0.3, 0.4) is 0 Å². The molecule has 0 aromatic rings. The molecule has 4 heteroatoms. The average Bonchev–Trinajstić information content (AvgIpc) is 2.53. The molecule has 1 aliphatic carbocycles. The van der Waals surface area contributed by atoms with Gasteiger partial charge in [0.15, 0.2) is 0 Å². The van der Waals surface area contributed by atoms with E-state index in [4.69, 9.17) is 10.5 Å². The van der Waals surface area contributed by atoms with E-state index >= 15 is 0 Å². The Morgan fingerprint density at radius 1 is 1.50 bits per heavy atom. The number of carbonyl (C=O) groups is 1. The monoisotopic (exact) mass is 226 g/mol. The smallest absolute Gasteiger partial charge is 0.410 e. The van der Waals surface area contributed by atoms with Crippen LogP contribution in [0.4, 0.5) is 4.79 Å². The summed E-state index contributed by atoms with van der Waals surface area (Å²) in [6, 6.07) is 0.496. The summed E-state index contributed by atoms with van der Waals surface area (Å²) in [5.41, 5.74) is 5.52. The Bertz CT molecular complexity index is 296. The minimum absolute atomic E-state index is 0.177. The number of hydrogen-bond donors (Lipinski definition) is 1. The predicted molar refractivity (Wildman–Crippen MR) is 62.0 cm³/mol. The van der Waals surface area contributed by atoms with E-state index in [1.54, 1.807) is 0 Å². The number of nitrogens with zero attached hydrogens (tertiary/aromatic N) is 1. The van der Waals surface area contributed by atoms with Crippen LogP contribution < -0.4 is 5.73 Å². The molecule has 2 saturated heterocycles. The van der Waals surface area contributed by atoms with E-state index in [2.05, 4.69) is 0 Å². The van der Waals surface area contributed by atoms with Gasteiger partial charge in [-0.15, -0.1) is 0 Å². The number of rotatable bonds is 1. The molecule has 2 aliphatic heterocycles. The SMILES string of the molecule is C[C@H](N)[C@H]1[C@H]2C[C@H]1N(C(=O)OC(C)(C)C)C2. The molecule has 3 rings (SSSR count). The van der Waals surface area contributed by atoms with Crippen LogP contribution in [0.25, 0.3) is 0 Å². The van der Waals surface area contributed by atoms with Gasteiger partial charge in [-0.3, -0.25) is 0 Å². The second kappa shape index (κ2) is 3.62. The Kier molecular flexibility index (Phi) is 2.65. The van der Waals surface area contributed by atoms with Crippen molar-refractivity contribution in [2.24, 2.45) is 17.6 Å². The molecule has 3 aliphatic rings. The number of carbonyl (C=O) groups excluding carboxylic acids is 1. The van der Waals surface area contributed by atoms with Gasteiger partial charge >= 0.3 is 6.09 Å². The molecule has 3 fully saturated rings. The molecule has 2 bridgehead atoms. The van der Waals surface area contributed by atoms with E-state index in [0.29, 0.717) is 17.9 Å². The number of amides is 1. The molecule has 2 N–H and O–H groups in total. The molecule has 1 saturated carbocycles. The number of hydrogen-bond acceptors (Lipinski definition) is 3. The maximum atomic E-state index is 11.9. The third kappa shape index (κ3) is 1.90. The topological polar surface area (TPSA) is 55.6 Å². The van der Waals surface area contributed by atoms with E-state index in [1.807, 2.05) is 32.6 Å². The first-order valence-electron chi connectivity index (χ1n) is 6.05. The molecular formula is C12H22N2O2. The average molecular weight is 226 g/mol. The summed E-state index contributed by atoms with van der Waals surface area (Å²) in [6.07, 6.45) is 0.925. The van der Waals surface area contributed by atoms with Gasteiger partial charge in [0, 0.05) is 18.6 Å². The Morgan fingerprint density at radius 2 is 2.12 bits per heavy atom. The Labute approximate surface area is 97.1 Å². The summed E-state index contributed by atoms with van der Waals surface area (Å²) in [6.45, 7) is 8.55. The van der Waals surface area contributed by atoms with Gasteiger partial charge < -0.3 is 15.4 Å². The van der Waals surface area contributed by atoms with Crippen LogP contribution in [0.1, 0.15) is 34.1 Å². The molecule has 2 heterocycles. The van der Waals surface area contributed by atoms with Crippen molar-refractivity contribution in [3.63, 3.8) is 0 Å². The second-order valence-corrected chi connectivity index (χ2v) is 6.13. The molecule has 0 aromatic heterocycles. The van der Waals surface area contributed by atoms with E-state index in [9.17, 15) is 4.79 Å². The Hall–Kier alpha value is -0.770. The van der Waals surface area contributed by atoms with Gasteiger partial charge in [0.25, 0.3) is 0 Å². The van der Waals surface area contributed by atoms with E-state index < -0.39 is 5.60 Å². The van der Waals surface area contributed by atoms with Gasteiger partial charge in [-0.25, -0.2) is 4.79 Å². The zero-order chi connectivity index (χ0) is 12.1. The second-order valence-electron chi connectivity index (χ2n) is 6.13. The fraction of sp³-hybridized carbons (Fsp3) is 0.917. The van der Waals surface area contributed by atoms with Crippen LogP contribution >= 0.6 is 0 Å². The van der Waals surface area contributed by atoms with Crippen LogP contribution in [-0.4, -0.2) is 35.2 Å². The summed E-state index contributed by atoms with van der Waals surface area (Å²) < 4.78 is 5.39. The zero-order valence-corrected chi connectivity index (χ0v) is 10.6. The van der Waals surface area contributed by atoms with Crippen molar-refractivity contribution in [2.75, 3.05) is 6.54 Å². The largest absolute Gasteiger partial charge is 0.444 e. The lowest BCUT2D eigenvalue weighted by molar-refractivity contribution is 0.0191. The zero-order valence-electron chi connectivity index (χ0n) is 10.6. The molecule has 0 spiro atoms. The predicted octanol–water partition coefficient (Wildman–Crippen LogP) is 1.59. The van der Waals surface area contributed by atoms with Gasteiger partial charge in [-0.05, 0) is 46.0 Å². The molecule has 4 atom stereocenters. The van der Waals surface area contributed by atoms with Gasteiger partial charge in [-0.1, -0.05) is 0 Å². The van der Waals surface area contributed by atoms with Crippen molar-refractivity contribution in [1.82, 2.24) is 4.90 Å². The fourth-order valence-corrected chi connectivity index (χ4v) is 2.97. The highest BCUT2D eigenvalue weighted by Crippen LogP contribution is 2.47. The van der Waals surface area contributed by atoms with Crippen molar-refractivity contribution in [3.05, 3.63) is 0 Å². The molecule has 0 aromatic carbocycles. The minimum atomic E-state index is -0.409. The van der Waals surface area contributed by atoms with E-state index in [0.717, 1.165) is 13.0 Å². The van der Waals surface area contributed by atoms with Crippen LogP contribution in [0.5, 0.6) is 0 Å². The van der Waals surface area contributed by atoms with Gasteiger partial charge in [0.2, 0.25) is 0 Å². The molecule has 0 unspecified atom stereocenters. The Morgan fingerprint density at radius 3 is 2.56 bits per heavy atom. The molecule has 1 amide bonds. The highest BCUT2D eigenvalue weighted by molar-refractivity contribution is 5.69. The molecule has 0 radical (unpaired) electrons. The first kappa shape index (κ1) is 11.7. The third-order valence-electron chi connectivity index (χ3n) is 3.60. The van der Waals surface area contributed by atoms with E-state index in [1.165, 1.54) is 0 Å². The summed E-state index contributed by atoms with van der Waals surface area (Å²) in [4.78, 5) is 13.8. The van der Waals surface area contributed by atoms with Crippen molar-refractivity contribution in [2.45, 2.75) is 51.8 Å². The first-order valence-corrected chi connectivity index (χ1v) is 6.05. The van der Waals surface area contributed by atoms with Gasteiger partial charge in [0.05, 0.1) is 0 Å². The normalized spacial score (nSPS) is 34.6. The molecule has 92 valence electrons. The summed E-state index contributed by atoms with van der Waals surface area (Å²) >= 11 is 0. The maximum absolute atomic E-state index is 11.9. The lowest BCUT2D eigenvalue weighted by Crippen LogP contribution is -2.49. The van der Waals surface area contributed by atoms with Crippen LogP contribution in [0.2, 0.25) is 0 Å². The van der Waals surface area contributed by atoms with E-state index in [-0.39, 0.29) is 12.1 Å². The lowest BCUT2D eigenvalue weighted by atomic mass is 9.70. The van der Waals surface area contributed by atoms with Crippen molar-refractivity contribution in [1.29, 1.82) is 0 Å². The standard InChI is InChI=1S/C12H22N2O2/c1-7(13)10-8-5-9(10)14(6-8)11(15)16-12(2,3)4/h7-10H,5-6,13H2,1-4H3/t7-,8-,9+,10-/m0/s1.